The van der Waals surface area contributed by atoms with Gasteiger partial charge in [0.05, 0.1) is 10.5 Å². The first-order chi connectivity index (χ1) is 10.5. The number of benzene rings is 1. The topological polar surface area (TPSA) is 118 Å². The van der Waals surface area contributed by atoms with Gasteiger partial charge in [-0.3, -0.25) is 0 Å². The zero-order valence-electron chi connectivity index (χ0n) is 11.4. The molecule has 1 N–H and O–H groups in total. The normalized spacial score (nSPS) is 10.8. The van der Waals surface area contributed by atoms with E-state index in [0.717, 1.165) is 12.1 Å². The van der Waals surface area contributed by atoms with Crippen LogP contribution < -0.4 is 5.32 Å². The SMILES string of the molecule is CS(=O)(=O)c1ccc(NC(C#N)=C(C#N)C#N)cc1C(F)(F)F. The molecule has 0 aromatic heterocycles. The van der Waals surface area contributed by atoms with E-state index in [2.05, 4.69) is 5.32 Å². The monoisotopic (exact) mass is 340 g/mol. The molecule has 0 aliphatic heterocycles. The predicted octanol–water partition coefficient (Wildman–Crippen LogP) is 2.35. The standard InChI is InChI=1S/C13H7F3N4O2S/c1-23(21,22)12-3-2-9(4-10(12)13(14,15)16)20-11(7-19)8(5-17)6-18/h2-4,20H,1H3. The second-order valence-corrected chi connectivity index (χ2v) is 6.18. The fraction of sp³-hybridized carbons (Fsp3) is 0.154. The smallest absolute Gasteiger partial charge is 0.345 e. The van der Waals surface area contributed by atoms with Crippen molar-refractivity contribution in [1.82, 2.24) is 0 Å². The second-order valence-electron chi connectivity index (χ2n) is 4.19. The zero-order valence-corrected chi connectivity index (χ0v) is 12.2. The Bertz CT molecular complexity index is 881. The number of sulfone groups is 1. The van der Waals surface area contributed by atoms with E-state index < -0.39 is 37.7 Å². The van der Waals surface area contributed by atoms with Crippen LogP contribution in [0, 0.1) is 34.0 Å². The average molecular weight is 340 g/mol. The van der Waals surface area contributed by atoms with Crippen molar-refractivity contribution in [2.24, 2.45) is 0 Å². The number of rotatable bonds is 3. The van der Waals surface area contributed by atoms with Crippen molar-refractivity contribution in [2.45, 2.75) is 11.1 Å². The van der Waals surface area contributed by atoms with Crippen LogP contribution in [-0.4, -0.2) is 14.7 Å². The summed E-state index contributed by atoms with van der Waals surface area (Å²) >= 11 is 0. The molecule has 0 spiro atoms. The van der Waals surface area contributed by atoms with Crippen LogP contribution in [0.3, 0.4) is 0 Å². The first kappa shape index (κ1) is 18.0. The highest BCUT2D eigenvalue weighted by atomic mass is 32.2. The molecule has 0 heterocycles. The van der Waals surface area contributed by atoms with Gasteiger partial charge in [-0.2, -0.15) is 29.0 Å². The molecule has 0 unspecified atom stereocenters. The molecule has 0 atom stereocenters. The first-order valence-corrected chi connectivity index (χ1v) is 7.56. The van der Waals surface area contributed by atoms with Gasteiger partial charge in [0, 0.05) is 11.9 Å². The van der Waals surface area contributed by atoms with Crippen molar-refractivity contribution in [2.75, 3.05) is 11.6 Å². The maximum atomic E-state index is 13.0. The maximum absolute atomic E-state index is 13.0. The Labute approximate surface area is 129 Å². The van der Waals surface area contributed by atoms with Gasteiger partial charge in [0.15, 0.2) is 15.4 Å². The van der Waals surface area contributed by atoms with Crippen LogP contribution in [-0.2, 0) is 16.0 Å². The van der Waals surface area contributed by atoms with Crippen LogP contribution in [0.5, 0.6) is 0 Å². The third-order valence-electron chi connectivity index (χ3n) is 2.54. The minimum absolute atomic E-state index is 0.288. The summed E-state index contributed by atoms with van der Waals surface area (Å²) in [6.07, 6.45) is -4.31. The van der Waals surface area contributed by atoms with Crippen LogP contribution in [0.2, 0.25) is 0 Å². The highest BCUT2D eigenvalue weighted by Gasteiger charge is 2.36. The summed E-state index contributed by atoms with van der Waals surface area (Å²) in [5, 5.41) is 28.4. The van der Waals surface area contributed by atoms with E-state index >= 15 is 0 Å². The number of halogens is 3. The summed E-state index contributed by atoms with van der Waals surface area (Å²) in [6.45, 7) is 0. The second kappa shape index (κ2) is 6.39. The van der Waals surface area contributed by atoms with Crippen molar-refractivity contribution < 1.29 is 21.6 Å². The quantitative estimate of drug-likeness (QED) is 0.844. The zero-order chi connectivity index (χ0) is 17.8. The molecule has 0 saturated carbocycles. The number of alkyl halides is 3. The molecular formula is C13H7F3N4O2S. The van der Waals surface area contributed by atoms with Crippen molar-refractivity contribution in [3.05, 3.63) is 35.0 Å². The van der Waals surface area contributed by atoms with Gasteiger partial charge < -0.3 is 5.32 Å². The summed E-state index contributed by atoms with van der Waals surface area (Å²) in [7, 11) is -4.12. The molecule has 0 aliphatic rings. The van der Waals surface area contributed by atoms with Crippen LogP contribution in [0.15, 0.2) is 34.4 Å². The molecule has 1 rings (SSSR count). The molecule has 1 aromatic carbocycles. The van der Waals surface area contributed by atoms with E-state index in [4.69, 9.17) is 15.8 Å². The van der Waals surface area contributed by atoms with E-state index in [1.165, 1.54) is 18.2 Å². The summed E-state index contributed by atoms with van der Waals surface area (Å²) in [6, 6.07) is 6.53. The Hall–Kier alpha value is -3.03. The van der Waals surface area contributed by atoms with Gasteiger partial charge in [-0.05, 0) is 18.2 Å². The third kappa shape index (κ3) is 4.22. The van der Waals surface area contributed by atoms with Crippen molar-refractivity contribution in [1.29, 1.82) is 15.8 Å². The highest BCUT2D eigenvalue weighted by molar-refractivity contribution is 7.90. The highest BCUT2D eigenvalue weighted by Crippen LogP contribution is 2.36. The average Bonchev–Trinajstić information content (AvgIpc) is 2.45. The number of nitrogens with zero attached hydrogens (tertiary/aromatic N) is 3. The molecule has 0 aliphatic carbocycles. The van der Waals surface area contributed by atoms with Crippen LogP contribution in [0.25, 0.3) is 0 Å². The molecule has 10 heteroatoms. The molecule has 0 radical (unpaired) electrons. The third-order valence-corrected chi connectivity index (χ3v) is 3.69. The fourth-order valence-electron chi connectivity index (χ4n) is 1.58. The molecule has 1 aromatic rings. The first-order valence-electron chi connectivity index (χ1n) is 5.67. The van der Waals surface area contributed by atoms with Crippen molar-refractivity contribution in [3.8, 4) is 18.2 Å². The molecule has 0 amide bonds. The lowest BCUT2D eigenvalue weighted by atomic mass is 10.1. The molecule has 0 saturated heterocycles. The van der Waals surface area contributed by atoms with E-state index in [1.54, 1.807) is 0 Å². The molecule has 0 fully saturated rings. The van der Waals surface area contributed by atoms with E-state index in [-0.39, 0.29) is 5.69 Å². The van der Waals surface area contributed by atoms with Gasteiger partial charge in [-0.25, -0.2) is 8.42 Å². The molecular weight excluding hydrogens is 333 g/mol. The van der Waals surface area contributed by atoms with Gasteiger partial charge in [0.25, 0.3) is 0 Å². The Morgan fingerprint density at radius 1 is 1.13 bits per heavy atom. The Balaban J connectivity index is 3.51. The van der Waals surface area contributed by atoms with Gasteiger partial charge in [-0.1, -0.05) is 0 Å². The van der Waals surface area contributed by atoms with Crippen LogP contribution >= 0.6 is 0 Å². The van der Waals surface area contributed by atoms with E-state index in [1.807, 2.05) is 0 Å². The summed E-state index contributed by atoms with van der Waals surface area (Å²) < 4.78 is 61.8. The van der Waals surface area contributed by atoms with E-state index in [9.17, 15) is 21.6 Å². The summed E-state index contributed by atoms with van der Waals surface area (Å²) in [4.78, 5) is -0.918. The lowest BCUT2D eigenvalue weighted by Gasteiger charge is -2.14. The lowest BCUT2D eigenvalue weighted by molar-refractivity contribution is -0.139. The van der Waals surface area contributed by atoms with E-state index in [0.29, 0.717) is 12.3 Å². The summed E-state index contributed by atoms with van der Waals surface area (Å²) in [5.41, 5.74) is -2.87. The molecule has 23 heavy (non-hydrogen) atoms. The van der Waals surface area contributed by atoms with Crippen molar-refractivity contribution >= 4 is 15.5 Å². The number of allylic oxidation sites excluding steroid dienone is 2. The summed E-state index contributed by atoms with van der Waals surface area (Å²) in [5.74, 6) is 0. The van der Waals surface area contributed by atoms with Crippen molar-refractivity contribution in [3.63, 3.8) is 0 Å². The van der Waals surface area contributed by atoms with Crippen LogP contribution in [0.1, 0.15) is 5.56 Å². The largest absolute Gasteiger partial charge is 0.417 e. The Kier molecular flexibility index (Phi) is 5.00. The number of anilines is 1. The van der Waals surface area contributed by atoms with Gasteiger partial charge >= 0.3 is 6.18 Å². The fourth-order valence-corrected chi connectivity index (χ4v) is 2.47. The molecule has 118 valence electrons. The minimum Gasteiger partial charge on any atom is -0.345 e. The Morgan fingerprint density at radius 2 is 1.70 bits per heavy atom. The number of nitrogens with one attached hydrogen (secondary N) is 1. The van der Waals surface area contributed by atoms with Gasteiger partial charge in [-0.15, -0.1) is 0 Å². The Morgan fingerprint density at radius 3 is 2.09 bits per heavy atom. The molecule has 6 nitrogen and oxygen atoms in total. The number of nitriles is 3. The van der Waals surface area contributed by atoms with Gasteiger partial charge in [0.1, 0.15) is 23.9 Å². The predicted molar refractivity (Wildman–Crippen MR) is 72.0 cm³/mol. The van der Waals surface area contributed by atoms with Gasteiger partial charge in [0.2, 0.25) is 0 Å². The lowest BCUT2D eigenvalue weighted by Crippen LogP contribution is -2.13. The molecule has 0 bridgehead atoms. The number of hydrogen-bond acceptors (Lipinski definition) is 6. The number of hydrogen-bond donors (Lipinski definition) is 1. The van der Waals surface area contributed by atoms with Crippen LogP contribution in [0.4, 0.5) is 18.9 Å². The minimum atomic E-state index is -4.94. The maximum Gasteiger partial charge on any atom is 0.417 e.